The Labute approximate surface area is 99.5 Å². The molecule has 2 aromatic rings. The van der Waals surface area contributed by atoms with E-state index in [2.05, 4.69) is 5.32 Å². The van der Waals surface area contributed by atoms with Gasteiger partial charge in [-0.3, -0.25) is 0 Å². The molecule has 4 heteroatoms. The smallest absolute Gasteiger partial charge is 0.120 e. The average molecular weight is 233 g/mol. The number of hydrogen-bond donors (Lipinski definition) is 3. The van der Waals surface area contributed by atoms with Crippen LogP contribution in [0.3, 0.4) is 0 Å². The van der Waals surface area contributed by atoms with Crippen LogP contribution in [0.1, 0.15) is 24.1 Å². The van der Waals surface area contributed by atoms with Crippen LogP contribution in [0.15, 0.2) is 41.2 Å². The lowest BCUT2D eigenvalue weighted by Gasteiger charge is -2.15. The predicted octanol–water partition coefficient (Wildman–Crippen LogP) is 2.54. The molecule has 17 heavy (non-hydrogen) atoms. The van der Waals surface area contributed by atoms with Crippen LogP contribution >= 0.6 is 0 Å². The lowest BCUT2D eigenvalue weighted by molar-refractivity contribution is 0.440. The van der Waals surface area contributed by atoms with Gasteiger partial charge in [-0.25, -0.2) is 0 Å². The lowest BCUT2D eigenvalue weighted by atomic mass is 10.1. The molecule has 0 saturated carbocycles. The van der Waals surface area contributed by atoms with Gasteiger partial charge < -0.3 is 19.9 Å². The van der Waals surface area contributed by atoms with Crippen LogP contribution in [0.25, 0.3) is 0 Å². The molecule has 1 atom stereocenters. The molecule has 0 aliphatic carbocycles. The number of phenolic OH excluding ortho intramolecular Hbond substituents is 2. The van der Waals surface area contributed by atoms with Crippen molar-refractivity contribution in [1.82, 2.24) is 5.32 Å². The Kier molecular flexibility index (Phi) is 3.35. The standard InChI is InChI=1S/C13H15NO3/c1-9(14-7-10-4-5-17-8-10)12-6-11(15)2-3-13(12)16/h2-6,8-9,14-16H,7H2,1H3. The second-order valence-corrected chi connectivity index (χ2v) is 3.98. The molecule has 0 bridgehead atoms. The summed E-state index contributed by atoms with van der Waals surface area (Å²) in [5.41, 5.74) is 1.71. The maximum absolute atomic E-state index is 9.69. The second-order valence-electron chi connectivity index (χ2n) is 3.98. The van der Waals surface area contributed by atoms with E-state index in [-0.39, 0.29) is 17.5 Å². The molecule has 90 valence electrons. The van der Waals surface area contributed by atoms with Gasteiger partial charge in [-0.05, 0) is 31.2 Å². The Balaban J connectivity index is 2.04. The Hall–Kier alpha value is -1.94. The highest BCUT2D eigenvalue weighted by molar-refractivity contribution is 5.40. The summed E-state index contributed by atoms with van der Waals surface area (Å²) in [5, 5.41) is 22.3. The summed E-state index contributed by atoms with van der Waals surface area (Å²) in [6, 6.07) is 6.32. The van der Waals surface area contributed by atoms with E-state index in [0.29, 0.717) is 12.1 Å². The largest absolute Gasteiger partial charge is 0.508 e. The monoisotopic (exact) mass is 233 g/mol. The third-order valence-corrected chi connectivity index (χ3v) is 2.67. The zero-order valence-corrected chi connectivity index (χ0v) is 9.55. The minimum absolute atomic E-state index is 0.0583. The van der Waals surface area contributed by atoms with E-state index in [1.54, 1.807) is 18.6 Å². The highest BCUT2D eigenvalue weighted by Crippen LogP contribution is 2.27. The summed E-state index contributed by atoms with van der Waals surface area (Å²) >= 11 is 0. The first-order valence-corrected chi connectivity index (χ1v) is 5.43. The summed E-state index contributed by atoms with van der Waals surface area (Å²) in [5.74, 6) is 0.324. The van der Waals surface area contributed by atoms with Crippen molar-refractivity contribution in [2.45, 2.75) is 19.5 Å². The van der Waals surface area contributed by atoms with E-state index in [1.807, 2.05) is 13.0 Å². The maximum atomic E-state index is 9.69. The molecule has 1 aromatic heterocycles. The summed E-state index contributed by atoms with van der Waals surface area (Å²) in [6.07, 6.45) is 3.29. The molecule has 4 nitrogen and oxygen atoms in total. The van der Waals surface area contributed by atoms with Crippen LogP contribution in [0, 0.1) is 0 Å². The van der Waals surface area contributed by atoms with Gasteiger partial charge in [0.1, 0.15) is 11.5 Å². The molecular weight excluding hydrogens is 218 g/mol. The van der Waals surface area contributed by atoms with Crippen molar-refractivity contribution in [3.8, 4) is 11.5 Å². The van der Waals surface area contributed by atoms with Crippen LogP contribution in [0.5, 0.6) is 11.5 Å². The molecule has 3 N–H and O–H groups in total. The van der Waals surface area contributed by atoms with Crippen molar-refractivity contribution in [2.75, 3.05) is 0 Å². The highest BCUT2D eigenvalue weighted by Gasteiger charge is 2.10. The van der Waals surface area contributed by atoms with Crippen molar-refractivity contribution in [3.63, 3.8) is 0 Å². The molecule has 0 fully saturated rings. The van der Waals surface area contributed by atoms with Gasteiger partial charge in [-0.15, -0.1) is 0 Å². The minimum atomic E-state index is -0.0583. The number of hydrogen-bond acceptors (Lipinski definition) is 4. The quantitative estimate of drug-likeness (QED) is 0.710. The molecule has 0 amide bonds. The fourth-order valence-corrected chi connectivity index (χ4v) is 1.66. The van der Waals surface area contributed by atoms with Gasteiger partial charge in [-0.1, -0.05) is 0 Å². The normalized spacial score (nSPS) is 12.5. The maximum Gasteiger partial charge on any atom is 0.120 e. The molecule has 0 saturated heterocycles. The second kappa shape index (κ2) is 4.93. The van der Waals surface area contributed by atoms with Gasteiger partial charge >= 0.3 is 0 Å². The molecule has 0 spiro atoms. The van der Waals surface area contributed by atoms with Crippen molar-refractivity contribution >= 4 is 0 Å². The van der Waals surface area contributed by atoms with Crippen molar-refractivity contribution in [1.29, 1.82) is 0 Å². The van der Waals surface area contributed by atoms with Crippen molar-refractivity contribution in [2.24, 2.45) is 0 Å². The molecule has 1 unspecified atom stereocenters. The fraction of sp³-hybridized carbons (Fsp3) is 0.231. The Morgan fingerprint density at radius 1 is 1.29 bits per heavy atom. The van der Waals surface area contributed by atoms with Crippen molar-refractivity contribution < 1.29 is 14.6 Å². The Morgan fingerprint density at radius 2 is 2.12 bits per heavy atom. The third-order valence-electron chi connectivity index (χ3n) is 2.67. The van der Waals surface area contributed by atoms with Crippen LogP contribution < -0.4 is 5.32 Å². The summed E-state index contributed by atoms with van der Waals surface area (Å²) in [4.78, 5) is 0. The van der Waals surface area contributed by atoms with Gasteiger partial charge in [0.05, 0.1) is 12.5 Å². The highest BCUT2D eigenvalue weighted by atomic mass is 16.3. The minimum Gasteiger partial charge on any atom is -0.508 e. The number of rotatable bonds is 4. The summed E-state index contributed by atoms with van der Waals surface area (Å²) in [7, 11) is 0. The van der Waals surface area contributed by atoms with E-state index < -0.39 is 0 Å². The number of aromatic hydroxyl groups is 2. The van der Waals surface area contributed by atoms with Gasteiger partial charge in [0.25, 0.3) is 0 Å². The van der Waals surface area contributed by atoms with E-state index in [1.165, 1.54) is 12.1 Å². The third kappa shape index (κ3) is 2.79. The number of nitrogens with one attached hydrogen (secondary N) is 1. The van der Waals surface area contributed by atoms with Crippen molar-refractivity contribution in [3.05, 3.63) is 47.9 Å². The molecular formula is C13H15NO3. The predicted molar refractivity (Wildman–Crippen MR) is 63.7 cm³/mol. The zero-order chi connectivity index (χ0) is 12.3. The first-order chi connectivity index (χ1) is 8.16. The SMILES string of the molecule is CC(NCc1ccoc1)c1cc(O)ccc1O. The zero-order valence-electron chi connectivity index (χ0n) is 9.55. The van der Waals surface area contributed by atoms with E-state index in [4.69, 9.17) is 4.42 Å². The van der Waals surface area contributed by atoms with Crippen LogP contribution in [-0.2, 0) is 6.54 Å². The number of benzene rings is 1. The molecule has 2 rings (SSSR count). The molecule has 1 heterocycles. The molecule has 0 aliphatic rings. The van der Waals surface area contributed by atoms with Gasteiger partial charge in [0.2, 0.25) is 0 Å². The molecule has 0 aliphatic heterocycles. The van der Waals surface area contributed by atoms with Crippen LogP contribution in [0.4, 0.5) is 0 Å². The van der Waals surface area contributed by atoms with E-state index in [0.717, 1.165) is 5.56 Å². The van der Waals surface area contributed by atoms with Gasteiger partial charge in [0.15, 0.2) is 0 Å². The number of furan rings is 1. The van der Waals surface area contributed by atoms with Crippen LogP contribution in [0.2, 0.25) is 0 Å². The van der Waals surface area contributed by atoms with Crippen LogP contribution in [-0.4, -0.2) is 10.2 Å². The Morgan fingerprint density at radius 3 is 2.82 bits per heavy atom. The lowest BCUT2D eigenvalue weighted by Crippen LogP contribution is -2.17. The first kappa shape index (κ1) is 11.5. The van der Waals surface area contributed by atoms with Gasteiger partial charge in [-0.2, -0.15) is 0 Å². The molecule has 1 aromatic carbocycles. The topological polar surface area (TPSA) is 65.6 Å². The van der Waals surface area contributed by atoms with Gasteiger partial charge in [0, 0.05) is 23.7 Å². The summed E-state index contributed by atoms with van der Waals surface area (Å²) < 4.78 is 4.97. The summed E-state index contributed by atoms with van der Waals surface area (Å²) in [6.45, 7) is 2.57. The first-order valence-electron chi connectivity index (χ1n) is 5.43. The Bertz CT molecular complexity index is 479. The van der Waals surface area contributed by atoms with E-state index >= 15 is 0 Å². The number of phenols is 2. The average Bonchev–Trinajstić information content (AvgIpc) is 2.82. The van der Waals surface area contributed by atoms with E-state index in [9.17, 15) is 10.2 Å². The molecule has 0 radical (unpaired) electrons. The fourth-order valence-electron chi connectivity index (χ4n) is 1.66.